The van der Waals surface area contributed by atoms with Gasteiger partial charge < -0.3 is 4.57 Å². The molecule has 4 aromatic rings. The maximum absolute atomic E-state index is 13.7. The fourth-order valence-corrected chi connectivity index (χ4v) is 6.51. The van der Waals surface area contributed by atoms with Gasteiger partial charge in [0.25, 0.3) is 15.9 Å². The number of hydrogen-bond donors (Lipinski definition) is 1. The fourth-order valence-electron chi connectivity index (χ4n) is 4.80. The van der Waals surface area contributed by atoms with Crippen LogP contribution in [0.1, 0.15) is 39.2 Å². The third-order valence-corrected chi connectivity index (χ3v) is 8.86. The van der Waals surface area contributed by atoms with E-state index in [1.165, 1.54) is 12.1 Å². The zero-order chi connectivity index (χ0) is 29.2. The molecule has 208 valence electrons. The summed E-state index contributed by atoms with van der Waals surface area (Å²) >= 11 is 6.12. The van der Waals surface area contributed by atoms with Crippen LogP contribution in [0.15, 0.2) is 76.7 Å². The van der Waals surface area contributed by atoms with Crippen molar-refractivity contribution in [2.24, 2.45) is 5.10 Å². The van der Waals surface area contributed by atoms with E-state index in [0.29, 0.717) is 16.3 Å². The molecule has 7 nitrogen and oxygen atoms in total. The van der Waals surface area contributed by atoms with Gasteiger partial charge in [0.05, 0.1) is 22.5 Å². The van der Waals surface area contributed by atoms with Crippen molar-refractivity contribution in [1.29, 1.82) is 0 Å². The molecule has 0 saturated heterocycles. The lowest BCUT2D eigenvalue weighted by molar-refractivity contribution is -0.119. The highest BCUT2D eigenvalue weighted by Gasteiger charge is 2.28. The summed E-state index contributed by atoms with van der Waals surface area (Å²) in [5.74, 6) is -0.579. The summed E-state index contributed by atoms with van der Waals surface area (Å²) in [5.41, 5.74) is 10.7. The number of carbonyl (C=O) groups excluding carboxylic acids is 1. The molecule has 1 N–H and O–H groups in total. The Balaban J connectivity index is 1.60. The van der Waals surface area contributed by atoms with E-state index in [1.807, 2.05) is 32.9 Å². The van der Waals surface area contributed by atoms with Crippen molar-refractivity contribution >= 4 is 39.4 Å². The summed E-state index contributed by atoms with van der Waals surface area (Å²) in [4.78, 5) is 13.1. The Labute approximate surface area is 241 Å². The number of anilines is 1. The lowest BCUT2D eigenvalue weighted by atomic mass is 10.1. The van der Waals surface area contributed by atoms with Crippen LogP contribution in [0, 0.1) is 41.5 Å². The van der Waals surface area contributed by atoms with Crippen molar-refractivity contribution < 1.29 is 13.2 Å². The molecule has 0 fully saturated rings. The smallest absolute Gasteiger partial charge is 0.264 e. The predicted octanol–water partition coefficient (Wildman–Crippen LogP) is 6.33. The van der Waals surface area contributed by atoms with E-state index >= 15 is 0 Å². The molecular formula is C31H33ClN4O3S. The summed E-state index contributed by atoms with van der Waals surface area (Å²) in [5, 5.41) is 4.64. The number of nitrogens with one attached hydrogen (secondary N) is 1. The van der Waals surface area contributed by atoms with Gasteiger partial charge in [-0.25, -0.2) is 13.8 Å². The molecule has 9 heteroatoms. The Morgan fingerprint density at radius 1 is 0.925 bits per heavy atom. The van der Waals surface area contributed by atoms with Crippen molar-refractivity contribution in [1.82, 2.24) is 9.99 Å². The number of nitrogens with zero attached hydrogens (tertiary/aromatic N) is 3. The van der Waals surface area contributed by atoms with Crippen LogP contribution >= 0.6 is 11.6 Å². The number of rotatable bonds is 8. The van der Waals surface area contributed by atoms with Crippen LogP contribution in [0.5, 0.6) is 0 Å². The number of hydrogen-bond acceptors (Lipinski definition) is 4. The molecule has 0 saturated carbocycles. The number of para-hydroxylation sites is 1. The van der Waals surface area contributed by atoms with Crippen LogP contribution in [-0.4, -0.2) is 31.7 Å². The van der Waals surface area contributed by atoms with Gasteiger partial charge in [0, 0.05) is 22.0 Å². The van der Waals surface area contributed by atoms with Gasteiger partial charge in [-0.3, -0.25) is 9.10 Å². The Bertz CT molecular complexity index is 1690. The van der Waals surface area contributed by atoms with E-state index in [4.69, 9.17) is 11.6 Å². The lowest BCUT2D eigenvalue weighted by Crippen LogP contribution is -2.40. The summed E-state index contributed by atoms with van der Waals surface area (Å²) in [6.07, 6.45) is 1.58. The van der Waals surface area contributed by atoms with E-state index in [-0.39, 0.29) is 4.90 Å². The van der Waals surface area contributed by atoms with E-state index in [0.717, 1.165) is 43.6 Å². The molecule has 0 radical (unpaired) electrons. The van der Waals surface area contributed by atoms with Crippen molar-refractivity contribution in [2.45, 2.75) is 46.4 Å². The summed E-state index contributed by atoms with van der Waals surface area (Å²) in [6, 6.07) is 19.6. The van der Waals surface area contributed by atoms with Gasteiger partial charge in [0.1, 0.15) is 6.54 Å². The Hall–Kier alpha value is -3.88. The summed E-state index contributed by atoms with van der Waals surface area (Å²) < 4.78 is 30.6. The van der Waals surface area contributed by atoms with Crippen LogP contribution in [0.2, 0.25) is 5.02 Å². The third kappa shape index (κ3) is 5.98. The molecule has 1 amide bonds. The van der Waals surface area contributed by atoms with Crippen LogP contribution in [0.3, 0.4) is 0 Å². The maximum atomic E-state index is 13.7. The molecule has 0 unspecified atom stereocenters. The third-order valence-electron chi connectivity index (χ3n) is 6.85. The standard InChI is InChI=1S/C31H33ClN4O3S/c1-20-10-13-28(14-11-20)40(38,39)35(29-15-12-27(32)16-23(29)4)19-30(37)34-33-18-26-17-24(5)36(25(26)6)31-21(2)8-7-9-22(31)3/h7-18H,19H2,1-6H3,(H,34,37)/b33-18-. The molecule has 3 aromatic carbocycles. The number of amides is 1. The van der Waals surface area contributed by atoms with Crippen LogP contribution in [0.25, 0.3) is 5.69 Å². The van der Waals surface area contributed by atoms with E-state index < -0.39 is 22.5 Å². The number of aromatic nitrogens is 1. The molecule has 4 rings (SSSR count). The van der Waals surface area contributed by atoms with Gasteiger partial charge in [0.15, 0.2) is 0 Å². The molecule has 0 aliphatic heterocycles. The van der Waals surface area contributed by atoms with Crippen molar-refractivity contribution in [3.8, 4) is 5.69 Å². The molecule has 0 atom stereocenters. The lowest BCUT2D eigenvalue weighted by Gasteiger charge is -2.25. The van der Waals surface area contributed by atoms with Gasteiger partial charge in [-0.1, -0.05) is 47.5 Å². The van der Waals surface area contributed by atoms with Crippen molar-refractivity contribution in [2.75, 3.05) is 10.8 Å². The fraction of sp³-hybridized carbons (Fsp3) is 0.226. The highest BCUT2D eigenvalue weighted by Crippen LogP contribution is 2.29. The van der Waals surface area contributed by atoms with Crippen LogP contribution in [-0.2, 0) is 14.8 Å². The second-order valence-electron chi connectivity index (χ2n) is 9.95. The zero-order valence-corrected chi connectivity index (χ0v) is 25.1. The van der Waals surface area contributed by atoms with Gasteiger partial charge >= 0.3 is 0 Å². The zero-order valence-electron chi connectivity index (χ0n) is 23.5. The topological polar surface area (TPSA) is 83.8 Å². The van der Waals surface area contributed by atoms with Crippen LogP contribution < -0.4 is 9.73 Å². The molecule has 0 aliphatic carbocycles. The average Bonchev–Trinajstić information content (AvgIpc) is 3.16. The Kier molecular flexibility index (Phi) is 8.51. The molecule has 0 bridgehead atoms. The number of aryl methyl sites for hydroxylation is 5. The minimum absolute atomic E-state index is 0.0858. The minimum Gasteiger partial charge on any atom is -0.317 e. The van der Waals surface area contributed by atoms with Gasteiger partial charge in [-0.2, -0.15) is 5.10 Å². The maximum Gasteiger partial charge on any atom is 0.264 e. The number of benzene rings is 3. The first kappa shape index (κ1) is 29.1. The number of carbonyl (C=O) groups is 1. The summed E-state index contributed by atoms with van der Waals surface area (Å²) in [6.45, 7) is 11.3. The molecule has 0 aliphatic rings. The SMILES string of the molecule is Cc1ccc(S(=O)(=O)N(CC(=O)N/N=C\c2cc(C)n(-c3c(C)cccc3C)c2C)c2ccc(Cl)cc2C)cc1. The molecule has 0 spiro atoms. The predicted molar refractivity (Wildman–Crippen MR) is 162 cm³/mol. The molecule has 1 aromatic heterocycles. The normalized spacial score (nSPS) is 11.7. The monoisotopic (exact) mass is 576 g/mol. The van der Waals surface area contributed by atoms with Gasteiger partial charge in [-0.05, 0) is 94.6 Å². The molecular weight excluding hydrogens is 544 g/mol. The second-order valence-corrected chi connectivity index (χ2v) is 12.2. The number of hydrazone groups is 1. The Morgan fingerprint density at radius 2 is 1.57 bits per heavy atom. The van der Waals surface area contributed by atoms with Crippen LogP contribution in [0.4, 0.5) is 5.69 Å². The first-order valence-electron chi connectivity index (χ1n) is 12.8. The number of halogens is 1. The highest BCUT2D eigenvalue weighted by molar-refractivity contribution is 7.92. The quantitative estimate of drug-likeness (QED) is 0.197. The van der Waals surface area contributed by atoms with E-state index in [2.05, 4.69) is 41.1 Å². The summed E-state index contributed by atoms with van der Waals surface area (Å²) in [7, 11) is -4.05. The first-order valence-corrected chi connectivity index (χ1v) is 14.6. The average molecular weight is 577 g/mol. The minimum atomic E-state index is -4.05. The molecule has 1 heterocycles. The van der Waals surface area contributed by atoms with Crippen molar-refractivity contribution in [3.05, 3.63) is 111 Å². The van der Waals surface area contributed by atoms with Crippen molar-refractivity contribution in [3.63, 3.8) is 0 Å². The second kappa shape index (κ2) is 11.7. The first-order chi connectivity index (χ1) is 18.9. The van der Waals surface area contributed by atoms with E-state index in [1.54, 1.807) is 43.5 Å². The van der Waals surface area contributed by atoms with Gasteiger partial charge in [0.2, 0.25) is 0 Å². The molecule has 40 heavy (non-hydrogen) atoms. The Morgan fingerprint density at radius 3 is 2.20 bits per heavy atom. The van der Waals surface area contributed by atoms with E-state index in [9.17, 15) is 13.2 Å². The largest absolute Gasteiger partial charge is 0.317 e. The number of sulfonamides is 1. The highest BCUT2D eigenvalue weighted by atomic mass is 35.5. The van der Waals surface area contributed by atoms with Gasteiger partial charge in [-0.15, -0.1) is 0 Å².